The lowest BCUT2D eigenvalue weighted by Gasteiger charge is -2.09. The average Bonchev–Trinajstić information content (AvgIpc) is 2.59. The third kappa shape index (κ3) is 5.14. The Morgan fingerprint density at radius 1 is 1.12 bits per heavy atom. The highest BCUT2D eigenvalue weighted by Gasteiger charge is 2.17. The van der Waals surface area contributed by atoms with Gasteiger partial charge in [-0.25, -0.2) is 18.4 Å². The van der Waals surface area contributed by atoms with E-state index in [0.29, 0.717) is 11.3 Å². The van der Waals surface area contributed by atoms with Gasteiger partial charge in [0.15, 0.2) is 6.61 Å². The van der Waals surface area contributed by atoms with E-state index >= 15 is 0 Å². The first-order valence-electron chi connectivity index (χ1n) is 7.90. The van der Waals surface area contributed by atoms with Crippen molar-refractivity contribution in [1.29, 1.82) is 0 Å². The molecular weight excluding hydrogens is 356 g/mol. The number of primary sulfonamides is 1. The molecule has 7 nitrogen and oxygen atoms in total. The molecule has 0 saturated heterocycles. The predicted octanol–water partition coefficient (Wildman–Crippen LogP) is 2.00. The number of anilines is 1. The Morgan fingerprint density at radius 3 is 2.35 bits per heavy atom. The van der Waals surface area contributed by atoms with Gasteiger partial charge in [-0.1, -0.05) is 25.1 Å². The molecule has 0 aliphatic heterocycles. The number of hydrogen-bond donors (Lipinski definition) is 2. The van der Waals surface area contributed by atoms with Gasteiger partial charge in [-0.3, -0.25) is 4.79 Å². The second-order valence-corrected chi connectivity index (χ2v) is 7.23. The SMILES string of the molecule is CCc1ccc(NC(=O)COC(=O)c2ccc(C)c(S(N)(=O)=O)c2)cc1. The van der Waals surface area contributed by atoms with E-state index in [9.17, 15) is 18.0 Å². The molecule has 2 aromatic rings. The third-order valence-electron chi connectivity index (χ3n) is 3.71. The third-order valence-corrected chi connectivity index (χ3v) is 4.76. The number of esters is 1. The van der Waals surface area contributed by atoms with E-state index < -0.39 is 28.5 Å². The quantitative estimate of drug-likeness (QED) is 0.748. The van der Waals surface area contributed by atoms with Crippen molar-refractivity contribution in [2.75, 3.05) is 11.9 Å². The molecule has 1 amide bonds. The Hall–Kier alpha value is -2.71. The first kappa shape index (κ1) is 19.6. The van der Waals surface area contributed by atoms with Gasteiger partial charge < -0.3 is 10.1 Å². The average molecular weight is 376 g/mol. The molecule has 0 aliphatic rings. The van der Waals surface area contributed by atoms with Crippen molar-refractivity contribution < 1.29 is 22.7 Å². The van der Waals surface area contributed by atoms with Gasteiger partial charge >= 0.3 is 5.97 Å². The van der Waals surface area contributed by atoms with E-state index in [1.54, 1.807) is 19.1 Å². The van der Waals surface area contributed by atoms with Crippen LogP contribution >= 0.6 is 0 Å². The zero-order valence-corrected chi connectivity index (χ0v) is 15.3. The molecule has 0 heterocycles. The molecule has 0 radical (unpaired) electrons. The van der Waals surface area contributed by atoms with Crippen LogP contribution in [-0.2, 0) is 26.0 Å². The number of amides is 1. The molecular formula is C18H20N2O5S. The van der Waals surface area contributed by atoms with Crippen LogP contribution < -0.4 is 10.5 Å². The highest BCUT2D eigenvalue weighted by molar-refractivity contribution is 7.89. The van der Waals surface area contributed by atoms with Gasteiger partial charge in [-0.05, 0) is 48.7 Å². The Balaban J connectivity index is 1.98. The molecule has 2 aromatic carbocycles. The van der Waals surface area contributed by atoms with Crippen molar-refractivity contribution in [1.82, 2.24) is 0 Å². The standard InChI is InChI=1S/C18H20N2O5S/c1-3-13-5-8-15(9-6-13)20-17(21)11-25-18(22)14-7-4-12(2)16(10-14)26(19,23)24/h4-10H,3,11H2,1-2H3,(H,20,21)(H2,19,23,24). The Morgan fingerprint density at radius 2 is 1.77 bits per heavy atom. The predicted molar refractivity (Wildman–Crippen MR) is 97.3 cm³/mol. The summed E-state index contributed by atoms with van der Waals surface area (Å²) in [4.78, 5) is 23.8. The molecule has 138 valence electrons. The van der Waals surface area contributed by atoms with Gasteiger partial charge in [0.1, 0.15) is 0 Å². The monoisotopic (exact) mass is 376 g/mol. The van der Waals surface area contributed by atoms with Gasteiger partial charge in [0.25, 0.3) is 5.91 Å². The Bertz CT molecular complexity index is 921. The number of benzene rings is 2. The van der Waals surface area contributed by atoms with Crippen LogP contribution in [0.3, 0.4) is 0 Å². The minimum absolute atomic E-state index is 0.000256. The number of ether oxygens (including phenoxy) is 1. The Labute approximate surface area is 152 Å². The summed E-state index contributed by atoms with van der Waals surface area (Å²) in [5.74, 6) is -1.31. The van der Waals surface area contributed by atoms with Crippen LogP contribution in [0.15, 0.2) is 47.4 Å². The fourth-order valence-electron chi connectivity index (χ4n) is 2.27. The van der Waals surface area contributed by atoms with E-state index in [2.05, 4.69) is 5.32 Å². The molecule has 26 heavy (non-hydrogen) atoms. The summed E-state index contributed by atoms with van der Waals surface area (Å²) < 4.78 is 27.9. The number of sulfonamides is 1. The first-order chi connectivity index (χ1) is 12.2. The second kappa shape index (κ2) is 8.11. The van der Waals surface area contributed by atoms with Crippen LogP contribution in [0.5, 0.6) is 0 Å². The molecule has 0 atom stereocenters. The number of rotatable bonds is 6. The minimum Gasteiger partial charge on any atom is -0.452 e. The number of hydrogen-bond acceptors (Lipinski definition) is 5. The molecule has 0 fully saturated rings. The first-order valence-corrected chi connectivity index (χ1v) is 9.44. The second-order valence-electron chi connectivity index (χ2n) is 5.70. The summed E-state index contributed by atoms with van der Waals surface area (Å²) in [6.45, 7) is 3.10. The van der Waals surface area contributed by atoms with Crippen molar-refractivity contribution in [2.24, 2.45) is 5.14 Å². The number of carbonyl (C=O) groups is 2. The van der Waals surface area contributed by atoms with E-state index in [4.69, 9.17) is 9.88 Å². The number of nitrogens with one attached hydrogen (secondary N) is 1. The highest BCUT2D eigenvalue weighted by atomic mass is 32.2. The molecule has 8 heteroatoms. The van der Waals surface area contributed by atoms with Crippen molar-refractivity contribution in [2.45, 2.75) is 25.2 Å². The zero-order chi connectivity index (χ0) is 19.3. The van der Waals surface area contributed by atoms with Gasteiger partial charge in [0.05, 0.1) is 10.5 Å². The topological polar surface area (TPSA) is 116 Å². The van der Waals surface area contributed by atoms with Crippen LogP contribution in [0.4, 0.5) is 5.69 Å². The maximum absolute atomic E-state index is 12.0. The van der Waals surface area contributed by atoms with E-state index in [1.165, 1.54) is 12.1 Å². The van der Waals surface area contributed by atoms with Crippen molar-refractivity contribution in [3.8, 4) is 0 Å². The molecule has 3 N–H and O–H groups in total. The summed E-state index contributed by atoms with van der Waals surface area (Å²) in [7, 11) is -3.95. The fraction of sp³-hybridized carbons (Fsp3) is 0.222. The number of nitrogens with two attached hydrogens (primary N) is 1. The molecule has 0 aliphatic carbocycles. The van der Waals surface area contributed by atoms with Gasteiger partial charge in [-0.15, -0.1) is 0 Å². The van der Waals surface area contributed by atoms with Crippen LogP contribution in [0.1, 0.15) is 28.4 Å². The van der Waals surface area contributed by atoms with Gasteiger partial charge in [0, 0.05) is 5.69 Å². The number of carbonyl (C=O) groups excluding carboxylic acids is 2. The number of aryl methyl sites for hydroxylation is 2. The molecule has 0 spiro atoms. The van der Waals surface area contributed by atoms with Gasteiger partial charge in [0.2, 0.25) is 10.0 Å². The van der Waals surface area contributed by atoms with Crippen LogP contribution in [0, 0.1) is 6.92 Å². The molecule has 0 unspecified atom stereocenters. The molecule has 0 aromatic heterocycles. The summed E-state index contributed by atoms with van der Waals surface area (Å²) in [6.07, 6.45) is 0.892. The fourth-order valence-corrected chi connectivity index (χ4v) is 3.08. The highest BCUT2D eigenvalue weighted by Crippen LogP contribution is 2.16. The summed E-state index contributed by atoms with van der Waals surface area (Å²) in [5.41, 5.74) is 2.14. The molecule has 0 bridgehead atoms. The summed E-state index contributed by atoms with van der Waals surface area (Å²) >= 11 is 0. The maximum Gasteiger partial charge on any atom is 0.338 e. The normalized spacial score (nSPS) is 11.0. The van der Waals surface area contributed by atoms with E-state index in [1.807, 2.05) is 19.1 Å². The van der Waals surface area contributed by atoms with E-state index in [-0.39, 0.29) is 10.5 Å². The zero-order valence-electron chi connectivity index (χ0n) is 14.5. The van der Waals surface area contributed by atoms with Crippen LogP contribution in [-0.4, -0.2) is 26.9 Å². The molecule has 0 saturated carbocycles. The largest absolute Gasteiger partial charge is 0.452 e. The molecule has 2 rings (SSSR count). The smallest absolute Gasteiger partial charge is 0.338 e. The van der Waals surface area contributed by atoms with Crippen LogP contribution in [0.25, 0.3) is 0 Å². The minimum atomic E-state index is -3.95. The van der Waals surface area contributed by atoms with E-state index in [0.717, 1.165) is 18.1 Å². The van der Waals surface area contributed by atoms with Crippen molar-refractivity contribution in [3.05, 3.63) is 59.2 Å². The van der Waals surface area contributed by atoms with Crippen molar-refractivity contribution in [3.63, 3.8) is 0 Å². The van der Waals surface area contributed by atoms with Gasteiger partial charge in [-0.2, -0.15) is 0 Å². The summed E-state index contributed by atoms with van der Waals surface area (Å²) in [6, 6.07) is 11.3. The summed E-state index contributed by atoms with van der Waals surface area (Å²) in [5, 5.41) is 7.72. The van der Waals surface area contributed by atoms with Crippen molar-refractivity contribution >= 4 is 27.6 Å². The lowest BCUT2D eigenvalue weighted by molar-refractivity contribution is -0.119. The van der Waals surface area contributed by atoms with Crippen LogP contribution in [0.2, 0.25) is 0 Å². The maximum atomic E-state index is 12.0. The lowest BCUT2D eigenvalue weighted by Crippen LogP contribution is -2.21. The Kier molecular flexibility index (Phi) is 6.12. The lowest BCUT2D eigenvalue weighted by atomic mass is 10.1.